The van der Waals surface area contributed by atoms with Gasteiger partial charge >= 0.3 is 0 Å². The molecule has 0 atom stereocenters. The van der Waals surface area contributed by atoms with E-state index >= 15 is 0 Å². The Hall–Kier alpha value is -1.35. The van der Waals surface area contributed by atoms with E-state index in [1.165, 1.54) is 0 Å². The summed E-state index contributed by atoms with van der Waals surface area (Å²) in [5.41, 5.74) is 0.599. The molecule has 1 amide bonds. The molecule has 0 aliphatic rings. The van der Waals surface area contributed by atoms with Crippen LogP contribution < -0.4 is 5.84 Å². The first-order valence-electron chi connectivity index (χ1n) is 4.58. The zero-order valence-electron chi connectivity index (χ0n) is 9.03. The Morgan fingerprint density at radius 2 is 2.07 bits per heavy atom. The van der Waals surface area contributed by atoms with Gasteiger partial charge in [-0.05, 0) is 19.1 Å². The fraction of sp³-hybridized carbons (Fsp3) is 0.364. The van der Waals surface area contributed by atoms with E-state index in [0.29, 0.717) is 5.70 Å². The van der Waals surface area contributed by atoms with Crippen LogP contribution in [0.4, 0.5) is 0 Å². The minimum atomic E-state index is -0.124. The smallest absolute Gasteiger partial charge is 0.243 e. The number of carbonyl (C=O) groups excluding carboxylic acids is 1. The summed E-state index contributed by atoms with van der Waals surface area (Å²) in [6, 6.07) is 0. The van der Waals surface area contributed by atoms with Crippen LogP contribution in [-0.4, -0.2) is 10.9 Å². The van der Waals surface area contributed by atoms with Crippen molar-refractivity contribution in [3.05, 3.63) is 36.6 Å². The van der Waals surface area contributed by atoms with Crippen molar-refractivity contribution in [3.8, 4) is 0 Å². The molecule has 0 aliphatic heterocycles. The van der Waals surface area contributed by atoms with Gasteiger partial charge in [0.2, 0.25) is 5.91 Å². The summed E-state index contributed by atoms with van der Waals surface area (Å²) in [5.74, 6) is 5.38. The summed E-state index contributed by atoms with van der Waals surface area (Å²) < 4.78 is 0. The predicted octanol–water partition coefficient (Wildman–Crippen LogP) is 1.99. The average molecular weight is 194 g/mol. The number of hydrogen-bond donors (Lipinski definition) is 1. The number of hydrogen-bond acceptors (Lipinski definition) is 2. The first kappa shape index (κ1) is 12.7. The number of nitrogens with two attached hydrogens (primary N) is 1. The zero-order chi connectivity index (χ0) is 11.1. The summed E-state index contributed by atoms with van der Waals surface area (Å²) in [5, 5.41) is 1.12. The maximum atomic E-state index is 11.5. The van der Waals surface area contributed by atoms with Crippen molar-refractivity contribution in [2.45, 2.75) is 20.8 Å². The molecule has 0 heterocycles. The van der Waals surface area contributed by atoms with E-state index in [1.807, 2.05) is 19.1 Å². The van der Waals surface area contributed by atoms with Crippen molar-refractivity contribution < 1.29 is 4.79 Å². The molecule has 0 aliphatic carbocycles. The van der Waals surface area contributed by atoms with Gasteiger partial charge in [-0.1, -0.05) is 32.6 Å². The molecule has 0 aromatic heterocycles. The summed E-state index contributed by atoms with van der Waals surface area (Å²) >= 11 is 0. The van der Waals surface area contributed by atoms with E-state index in [4.69, 9.17) is 5.84 Å². The Bertz CT molecular complexity index is 264. The molecule has 0 aromatic carbocycles. The lowest BCUT2D eigenvalue weighted by atomic mass is 10.2. The molecule has 0 rings (SSSR count). The molecular formula is C11H18N2O. The van der Waals surface area contributed by atoms with Crippen LogP contribution in [0.2, 0.25) is 0 Å². The summed E-state index contributed by atoms with van der Waals surface area (Å²) in [6.45, 7) is 9.10. The summed E-state index contributed by atoms with van der Waals surface area (Å²) in [7, 11) is 0. The highest BCUT2D eigenvalue weighted by Crippen LogP contribution is 2.06. The highest BCUT2D eigenvalue weighted by atomic mass is 16.2. The number of allylic oxidation sites excluding steroid dienone is 4. The predicted molar refractivity (Wildman–Crippen MR) is 59.0 cm³/mol. The van der Waals surface area contributed by atoms with Crippen LogP contribution in [0, 0.1) is 5.92 Å². The van der Waals surface area contributed by atoms with Crippen molar-refractivity contribution in [3.63, 3.8) is 0 Å². The molecule has 0 saturated heterocycles. The number of carbonyl (C=O) groups is 1. The lowest BCUT2D eigenvalue weighted by Gasteiger charge is -2.19. The molecule has 0 saturated carbocycles. The van der Waals surface area contributed by atoms with Gasteiger partial charge < -0.3 is 0 Å². The highest BCUT2D eigenvalue weighted by molar-refractivity contribution is 5.79. The fourth-order valence-corrected chi connectivity index (χ4v) is 0.847. The Labute approximate surface area is 85.6 Å². The number of rotatable bonds is 4. The molecule has 0 aromatic rings. The van der Waals surface area contributed by atoms with Crippen molar-refractivity contribution >= 4 is 5.91 Å². The van der Waals surface area contributed by atoms with Crippen LogP contribution >= 0.6 is 0 Å². The van der Waals surface area contributed by atoms with Crippen molar-refractivity contribution in [1.82, 2.24) is 5.01 Å². The Balaban J connectivity index is 4.70. The van der Waals surface area contributed by atoms with Gasteiger partial charge in [0.1, 0.15) is 0 Å². The maximum Gasteiger partial charge on any atom is 0.243 e. The van der Waals surface area contributed by atoms with Gasteiger partial charge in [-0.2, -0.15) is 0 Å². The molecule has 3 nitrogen and oxygen atoms in total. The van der Waals surface area contributed by atoms with Crippen LogP contribution in [0.1, 0.15) is 20.8 Å². The lowest BCUT2D eigenvalue weighted by molar-refractivity contribution is -0.132. The second kappa shape index (κ2) is 6.16. The monoisotopic (exact) mass is 194 g/mol. The standard InChI is InChI=1S/C11H18N2O/c1-5-7-8-10(6-2)13(12)11(14)9(3)4/h5-9H,2,12H2,1,3-4H3/b7-5-,10-8+. The zero-order valence-corrected chi connectivity index (χ0v) is 9.03. The average Bonchev–Trinajstić information content (AvgIpc) is 2.17. The van der Waals surface area contributed by atoms with Crippen LogP contribution in [0.5, 0.6) is 0 Å². The molecule has 0 radical (unpaired) electrons. The maximum absolute atomic E-state index is 11.5. The normalized spacial score (nSPS) is 12.2. The van der Waals surface area contributed by atoms with E-state index in [9.17, 15) is 4.79 Å². The number of nitrogens with zero attached hydrogens (tertiary/aromatic N) is 1. The lowest BCUT2D eigenvalue weighted by Crippen LogP contribution is -2.38. The Kier molecular flexibility index (Phi) is 5.56. The van der Waals surface area contributed by atoms with Gasteiger partial charge in [0.05, 0.1) is 5.70 Å². The van der Waals surface area contributed by atoms with E-state index in [2.05, 4.69) is 6.58 Å². The third-order valence-electron chi connectivity index (χ3n) is 1.68. The number of hydrazine groups is 1. The minimum absolute atomic E-state index is 0.117. The molecular weight excluding hydrogens is 176 g/mol. The van der Waals surface area contributed by atoms with Gasteiger partial charge in [0.15, 0.2) is 0 Å². The number of amides is 1. The van der Waals surface area contributed by atoms with Gasteiger partial charge in [0.25, 0.3) is 0 Å². The molecule has 2 N–H and O–H groups in total. The van der Waals surface area contributed by atoms with E-state index in [0.717, 1.165) is 5.01 Å². The van der Waals surface area contributed by atoms with Crippen LogP contribution in [0.25, 0.3) is 0 Å². The summed E-state index contributed by atoms with van der Waals surface area (Å²) in [4.78, 5) is 11.5. The topological polar surface area (TPSA) is 46.3 Å². The molecule has 3 heteroatoms. The van der Waals surface area contributed by atoms with Crippen LogP contribution in [-0.2, 0) is 4.79 Å². The molecule has 0 fully saturated rings. The third-order valence-corrected chi connectivity index (χ3v) is 1.68. The third kappa shape index (κ3) is 3.58. The van der Waals surface area contributed by atoms with Crippen LogP contribution in [0.15, 0.2) is 36.6 Å². The quantitative estimate of drug-likeness (QED) is 0.322. The fourth-order valence-electron chi connectivity index (χ4n) is 0.847. The largest absolute Gasteiger partial charge is 0.273 e. The first-order chi connectivity index (χ1) is 6.54. The first-order valence-corrected chi connectivity index (χ1v) is 4.58. The van der Waals surface area contributed by atoms with Gasteiger partial charge in [-0.25, -0.2) is 10.9 Å². The Morgan fingerprint density at radius 1 is 1.50 bits per heavy atom. The highest BCUT2D eigenvalue weighted by Gasteiger charge is 2.14. The second-order valence-electron chi connectivity index (χ2n) is 3.18. The SMILES string of the molecule is C=C/C(=C\C=C/C)N(N)C(=O)C(C)C. The van der Waals surface area contributed by atoms with E-state index in [1.54, 1.807) is 26.0 Å². The van der Waals surface area contributed by atoms with Crippen molar-refractivity contribution in [2.24, 2.45) is 11.8 Å². The molecule has 78 valence electrons. The second-order valence-corrected chi connectivity index (χ2v) is 3.18. The van der Waals surface area contributed by atoms with Crippen molar-refractivity contribution in [2.75, 3.05) is 0 Å². The van der Waals surface area contributed by atoms with Gasteiger partial charge in [0, 0.05) is 5.92 Å². The van der Waals surface area contributed by atoms with Gasteiger partial charge in [-0.3, -0.25) is 4.79 Å². The summed E-state index contributed by atoms with van der Waals surface area (Å²) in [6.07, 6.45) is 6.97. The molecule has 0 bridgehead atoms. The van der Waals surface area contributed by atoms with E-state index < -0.39 is 0 Å². The molecule has 0 spiro atoms. The Morgan fingerprint density at radius 3 is 2.43 bits per heavy atom. The van der Waals surface area contributed by atoms with Gasteiger partial charge in [-0.15, -0.1) is 0 Å². The van der Waals surface area contributed by atoms with E-state index in [-0.39, 0.29) is 11.8 Å². The molecule has 0 unspecified atom stereocenters. The molecule has 14 heavy (non-hydrogen) atoms. The van der Waals surface area contributed by atoms with Crippen molar-refractivity contribution in [1.29, 1.82) is 0 Å². The van der Waals surface area contributed by atoms with Crippen LogP contribution in [0.3, 0.4) is 0 Å². The minimum Gasteiger partial charge on any atom is -0.273 e.